The molecule has 1 saturated carbocycles. The molecule has 0 spiro atoms. The molecule has 17 heteroatoms. The van der Waals surface area contributed by atoms with E-state index in [0.717, 1.165) is 25.7 Å². The Morgan fingerprint density at radius 2 is 1.77 bits per heavy atom. The number of ether oxygens (including phenoxy) is 4. The van der Waals surface area contributed by atoms with Crippen LogP contribution in [0.1, 0.15) is 71.1 Å². The molecule has 1 aliphatic carbocycles. The van der Waals surface area contributed by atoms with Crippen LogP contribution in [0.25, 0.3) is 5.52 Å². The molecule has 16 nitrogen and oxygen atoms in total. The van der Waals surface area contributed by atoms with Gasteiger partial charge in [0.05, 0.1) is 23.5 Å². The average Bonchev–Trinajstić information content (AvgIpc) is 3.70. The zero-order valence-electron chi connectivity index (χ0n) is 29.3. The lowest BCUT2D eigenvalue weighted by Gasteiger charge is -2.30. The SMILES string of the molecule is CCC(=O)O[C@H]1[C@H](c2ccc3c(N)ccnn23)O[C@](C#N)(COP(=O)(N[C@@H](C)C(=O)OC[C@H]2CC[C@H](N)CC2)Oc2ccccc2)[C@H]1OC(=O)CC. The number of nitrogens with one attached hydrogen (secondary N) is 1. The number of carbonyl (C=O) groups excluding carboxylic acids is 3. The fourth-order valence-corrected chi connectivity index (χ4v) is 7.65. The Labute approximate surface area is 301 Å². The fourth-order valence-electron chi connectivity index (χ4n) is 6.13. The van der Waals surface area contributed by atoms with Gasteiger partial charge in [-0.15, -0.1) is 0 Å². The van der Waals surface area contributed by atoms with E-state index in [0.29, 0.717) is 16.9 Å². The standard InChI is InChI=1S/C35H45N6O10P/c1-4-29(42)48-32-31(28-16-15-27-26(38)17-18-39-41(27)28)50-35(20-36,33(32)49-30(43)5-2)21-47-52(45,51-25-9-7-6-8-10-25)40-22(3)34(44)46-19-23-11-13-24(37)14-12-23/h6-10,15-18,22-24,31-33H,4-5,11-14,19,21,37-38H2,1-3H3,(H,40,45)/t22-,23-,24-,31-,32-,33-,35+,52?/m0/s1. The predicted molar refractivity (Wildman–Crippen MR) is 186 cm³/mol. The number of nitriles is 1. The average molecular weight is 741 g/mol. The number of esters is 3. The second kappa shape index (κ2) is 16.9. The van der Waals surface area contributed by atoms with Crippen molar-refractivity contribution in [3.8, 4) is 11.8 Å². The maximum Gasteiger partial charge on any atom is 0.459 e. The highest BCUT2D eigenvalue weighted by Crippen LogP contribution is 2.50. The number of anilines is 1. The molecule has 2 fully saturated rings. The van der Waals surface area contributed by atoms with E-state index in [1.807, 2.05) is 6.07 Å². The molecule has 52 heavy (non-hydrogen) atoms. The molecule has 2 aliphatic rings. The molecule has 280 valence electrons. The Kier molecular flexibility index (Phi) is 12.6. The number of hydrogen-bond acceptors (Lipinski definition) is 14. The summed E-state index contributed by atoms with van der Waals surface area (Å²) in [6.07, 6.45) is 0.470. The summed E-state index contributed by atoms with van der Waals surface area (Å²) in [5.74, 6) is -1.81. The molecular weight excluding hydrogens is 695 g/mol. The van der Waals surface area contributed by atoms with Crippen molar-refractivity contribution >= 4 is 36.9 Å². The van der Waals surface area contributed by atoms with Gasteiger partial charge < -0.3 is 34.9 Å². The monoisotopic (exact) mass is 740 g/mol. The summed E-state index contributed by atoms with van der Waals surface area (Å²) in [6, 6.07) is 13.9. The van der Waals surface area contributed by atoms with E-state index in [1.165, 1.54) is 29.8 Å². The van der Waals surface area contributed by atoms with E-state index in [1.54, 1.807) is 50.2 Å². The third-order valence-electron chi connectivity index (χ3n) is 9.07. The Morgan fingerprint density at radius 3 is 2.44 bits per heavy atom. The van der Waals surface area contributed by atoms with Crippen LogP contribution in [0, 0.1) is 17.2 Å². The van der Waals surface area contributed by atoms with Gasteiger partial charge >= 0.3 is 25.7 Å². The molecule has 0 radical (unpaired) electrons. The van der Waals surface area contributed by atoms with Gasteiger partial charge in [0, 0.05) is 25.1 Å². The van der Waals surface area contributed by atoms with Crippen molar-refractivity contribution < 1.29 is 46.9 Å². The quantitative estimate of drug-likeness (QED) is 0.113. The summed E-state index contributed by atoms with van der Waals surface area (Å²) in [5.41, 5.74) is 11.2. The molecule has 0 amide bonds. The lowest BCUT2D eigenvalue weighted by Crippen LogP contribution is -2.49. The number of nitrogens with two attached hydrogens (primary N) is 2. The fraction of sp³-hybridized carbons (Fsp3) is 0.514. The van der Waals surface area contributed by atoms with Crippen LogP contribution in [0.5, 0.6) is 5.75 Å². The van der Waals surface area contributed by atoms with Crippen LogP contribution in [0.4, 0.5) is 5.69 Å². The normalized spacial score (nSPS) is 26.1. The van der Waals surface area contributed by atoms with Crippen molar-refractivity contribution in [3.05, 3.63) is 60.4 Å². The molecular formula is C35H45N6O10P. The summed E-state index contributed by atoms with van der Waals surface area (Å²) in [7, 11) is -4.55. The number of fused-ring (bicyclic) bond motifs is 1. The number of benzene rings is 1. The molecule has 3 aromatic rings. The molecule has 5 N–H and O–H groups in total. The first-order valence-electron chi connectivity index (χ1n) is 17.3. The first-order chi connectivity index (χ1) is 24.9. The number of hydrogen-bond donors (Lipinski definition) is 3. The van der Waals surface area contributed by atoms with Crippen LogP contribution in [0.15, 0.2) is 54.7 Å². The maximum atomic E-state index is 14.5. The number of nitrogen functional groups attached to an aromatic ring is 1. The summed E-state index contributed by atoms with van der Waals surface area (Å²) in [5, 5.41) is 17.7. The smallest absolute Gasteiger partial charge is 0.459 e. The van der Waals surface area contributed by atoms with Gasteiger partial charge in [-0.1, -0.05) is 32.0 Å². The summed E-state index contributed by atoms with van der Waals surface area (Å²) < 4.78 is 51.2. The third-order valence-corrected chi connectivity index (χ3v) is 10.7. The molecule has 3 heterocycles. The first kappa shape index (κ1) is 38.7. The largest absolute Gasteiger partial charge is 0.464 e. The lowest BCUT2D eigenvalue weighted by atomic mass is 9.87. The van der Waals surface area contributed by atoms with Crippen LogP contribution in [-0.2, 0) is 42.4 Å². The van der Waals surface area contributed by atoms with Crippen LogP contribution in [-0.4, -0.2) is 70.6 Å². The van der Waals surface area contributed by atoms with E-state index in [2.05, 4.69) is 10.2 Å². The molecule has 0 bridgehead atoms. The van der Waals surface area contributed by atoms with Crippen molar-refractivity contribution in [1.82, 2.24) is 14.7 Å². The molecule has 1 aliphatic heterocycles. The molecule has 1 saturated heterocycles. The number of para-hydroxylation sites is 1. The molecule has 1 aromatic carbocycles. The number of nitrogens with zero attached hydrogens (tertiary/aromatic N) is 3. The minimum absolute atomic E-state index is 0.0415. The van der Waals surface area contributed by atoms with Gasteiger partial charge in [-0.25, -0.2) is 9.08 Å². The number of aromatic nitrogens is 2. The summed E-state index contributed by atoms with van der Waals surface area (Å²) in [6.45, 7) is 3.91. The minimum atomic E-state index is -4.55. The molecule has 5 rings (SSSR count). The van der Waals surface area contributed by atoms with E-state index in [-0.39, 0.29) is 37.2 Å². The van der Waals surface area contributed by atoms with Crippen molar-refractivity contribution in [2.45, 2.75) is 95.3 Å². The van der Waals surface area contributed by atoms with Gasteiger partial charge in [-0.3, -0.25) is 18.9 Å². The van der Waals surface area contributed by atoms with Crippen molar-refractivity contribution in [2.24, 2.45) is 11.7 Å². The minimum Gasteiger partial charge on any atom is -0.464 e. The number of carbonyl (C=O) groups is 3. The highest BCUT2D eigenvalue weighted by Gasteiger charge is 2.62. The van der Waals surface area contributed by atoms with Crippen LogP contribution >= 0.6 is 7.75 Å². The van der Waals surface area contributed by atoms with E-state index in [4.69, 9.17) is 39.5 Å². The summed E-state index contributed by atoms with van der Waals surface area (Å²) in [4.78, 5) is 38.7. The summed E-state index contributed by atoms with van der Waals surface area (Å²) >= 11 is 0. The van der Waals surface area contributed by atoms with E-state index < -0.39 is 62.2 Å². The van der Waals surface area contributed by atoms with Crippen molar-refractivity contribution in [1.29, 1.82) is 5.26 Å². The van der Waals surface area contributed by atoms with Gasteiger partial charge in [0.2, 0.25) is 5.60 Å². The molecule has 2 aromatic heterocycles. The van der Waals surface area contributed by atoms with Gasteiger partial charge in [-0.2, -0.15) is 15.4 Å². The van der Waals surface area contributed by atoms with Gasteiger partial charge in [0.25, 0.3) is 0 Å². The Balaban J connectivity index is 1.45. The Morgan fingerprint density at radius 1 is 1.08 bits per heavy atom. The third kappa shape index (κ3) is 8.91. The second-order valence-corrected chi connectivity index (χ2v) is 14.6. The topological polar surface area (TPSA) is 229 Å². The second-order valence-electron chi connectivity index (χ2n) is 12.9. The Bertz CT molecular complexity index is 1810. The zero-order chi connectivity index (χ0) is 37.5. The van der Waals surface area contributed by atoms with Gasteiger partial charge in [-0.05, 0) is 68.9 Å². The van der Waals surface area contributed by atoms with Crippen LogP contribution in [0.3, 0.4) is 0 Å². The molecule has 1 unspecified atom stereocenters. The van der Waals surface area contributed by atoms with Crippen LogP contribution in [0.2, 0.25) is 0 Å². The zero-order valence-corrected chi connectivity index (χ0v) is 30.2. The lowest BCUT2D eigenvalue weighted by molar-refractivity contribution is -0.169. The van der Waals surface area contributed by atoms with Crippen LogP contribution < -0.4 is 21.1 Å². The van der Waals surface area contributed by atoms with E-state index in [9.17, 15) is 24.2 Å². The van der Waals surface area contributed by atoms with Gasteiger partial charge in [0.1, 0.15) is 30.6 Å². The van der Waals surface area contributed by atoms with Gasteiger partial charge in [0.15, 0.2) is 12.2 Å². The highest BCUT2D eigenvalue weighted by molar-refractivity contribution is 7.52. The number of rotatable bonds is 15. The van der Waals surface area contributed by atoms with Crippen molar-refractivity contribution in [2.75, 3.05) is 18.9 Å². The Hall–Kier alpha value is -4.52. The van der Waals surface area contributed by atoms with Crippen molar-refractivity contribution in [3.63, 3.8) is 0 Å². The first-order valence-corrected chi connectivity index (χ1v) is 18.8. The highest BCUT2D eigenvalue weighted by atomic mass is 31.2. The molecule has 6 atom stereocenters. The van der Waals surface area contributed by atoms with E-state index >= 15 is 0 Å². The maximum absolute atomic E-state index is 14.5. The predicted octanol–water partition coefficient (Wildman–Crippen LogP) is 4.14.